The summed E-state index contributed by atoms with van der Waals surface area (Å²) in [7, 11) is 0. The fourth-order valence-electron chi connectivity index (χ4n) is 3.85. The largest absolute Gasteiger partial charge is 0.386 e. The van der Waals surface area contributed by atoms with E-state index in [1.807, 2.05) is 62.9 Å². The molecule has 0 aliphatic heterocycles. The van der Waals surface area contributed by atoms with E-state index in [-0.39, 0.29) is 5.92 Å². The van der Waals surface area contributed by atoms with Gasteiger partial charge in [-0.05, 0) is 65.8 Å². The van der Waals surface area contributed by atoms with Gasteiger partial charge in [-0.25, -0.2) is 0 Å². The zero-order valence-corrected chi connectivity index (χ0v) is 17.4. The number of pyridine rings is 2. The Balaban J connectivity index is 1.72. The van der Waals surface area contributed by atoms with Gasteiger partial charge in [0.25, 0.3) is 0 Å². The van der Waals surface area contributed by atoms with Crippen molar-refractivity contribution in [3.05, 3.63) is 120 Å². The standard InChI is InChI=1S/C27H26N2O/c1-27(2,30)24-13-11-20(12-14-24)25-10-4-3-7-21(25)17-26(22-8-5-15-28-18-22)23-9-6-16-29-19-23/h3-16,18-19,26,30H,17H2,1-2H3. The topological polar surface area (TPSA) is 46.0 Å². The number of aromatic nitrogens is 2. The molecule has 30 heavy (non-hydrogen) atoms. The van der Waals surface area contributed by atoms with Crippen LogP contribution in [0.25, 0.3) is 11.1 Å². The smallest absolute Gasteiger partial charge is 0.0840 e. The van der Waals surface area contributed by atoms with E-state index in [1.165, 1.54) is 22.3 Å². The van der Waals surface area contributed by atoms with Crippen molar-refractivity contribution >= 4 is 0 Å². The molecule has 0 aliphatic rings. The molecule has 0 bridgehead atoms. The average Bonchev–Trinajstić information content (AvgIpc) is 2.78. The van der Waals surface area contributed by atoms with Gasteiger partial charge in [-0.3, -0.25) is 9.97 Å². The maximum absolute atomic E-state index is 10.3. The minimum atomic E-state index is -0.843. The van der Waals surface area contributed by atoms with Crippen molar-refractivity contribution in [3.8, 4) is 11.1 Å². The third kappa shape index (κ3) is 4.47. The van der Waals surface area contributed by atoms with Crippen LogP contribution in [-0.2, 0) is 12.0 Å². The molecule has 2 heterocycles. The maximum Gasteiger partial charge on any atom is 0.0840 e. The van der Waals surface area contributed by atoms with Crippen molar-refractivity contribution < 1.29 is 5.11 Å². The van der Waals surface area contributed by atoms with Crippen LogP contribution in [-0.4, -0.2) is 15.1 Å². The lowest BCUT2D eigenvalue weighted by Gasteiger charge is -2.21. The molecule has 0 amide bonds. The summed E-state index contributed by atoms with van der Waals surface area (Å²) in [6.07, 6.45) is 8.35. The second-order valence-corrected chi connectivity index (χ2v) is 8.12. The number of rotatable bonds is 6. The molecule has 0 aliphatic carbocycles. The molecule has 2 aromatic carbocycles. The minimum Gasteiger partial charge on any atom is -0.386 e. The van der Waals surface area contributed by atoms with E-state index in [2.05, 4.69) is 58.5 Å². The molecule has 4 aromatic rings. The zero-order chi connectivity index (χ0) is 21.0. The highest BCUT2D eigenvalue weighted by Gasteiger charge is 2.19. The van der Waals surface area contributed by atoms with E-state index in [1.54, 1.807) is 0 Å². The summed E-state index contributed by atoms with van der Waals surface area (Å²) in [6, 6.07) is 25.0. The zero-order valence-electron chi connectivity index (χ0n) is 17.4. The molecule has 0 spiro atoms. The van der Waals surface area contributed by atoms with Gasteiger partial charge in [-0.2, -0.15) is 0 Å². The van der Waals surface area contributed by atoms with Crippen LogP contribution in [0.4, 0.5) is 0 Å². The molecule has 0 fully saturated rings. The van der Waals surface area contributed by atoms with Crippen molar-refractivity contribution in [3.63, 3.8) is 0 Å². The molecule has 4 rings (SSSR count). The van der Waals surface area contributed by atoms with Gasteiger partial charge in [-0.15, -0.1) is 0 Å². The molecular weight excluding hydrogens is 368 g/mol. The van der Waals surface area contributed by atoms with Crippen molar-refractivity contribution in [2.45, 2.75) is 31.8 Å². The third-order valence-electron chi connectivity index (χ3n) is 5.52. The van der Waals surface area contributed by atoms with Gasteiger partial charge >= 0.3 is 0 Å². The normalized spacial score (nSPS) is 11.6. The first kappa shape index (κ1) is 20.0. The Labute approximate surface area is 178 Å². The molecule has 1 N–H and O–H groups in total. The van der Waals surface area contributed by atoms with Crippen LogP contribution < -0.4 is 0 Å². The van der Waals surface area contributed by atoms with Gasteiger partial charge in [0.1, 0.15) is 0 Å². The molecule has 3 nitrogen and oxygen atoms in total. The average molecular weight is 395 g/mol. The van der Waals surface area contributed by atoms with Crippen LogP contribution in [0, 0.1) is 0 Å². The summed E-state index contributed by atoms with van der Waals surface area (Å²) in [6.45, 7) is 3.62. The van der Waals surface area contributed by atoms with Crippen LogP contribution in [0.3, 0.4) is 0 Å². The lowest BCUT2D eigenvalue weighted by atomic mass is 9.84. The van der Waals surface area contributed by atoms with Gasteiger partial charge in [0, 0.05) is 30.7 Å². The summed E-state index contributed by atoms with van der Waals surface area (Å²) >= 11 is 0. The maximum atomic E-state index is 10.3. The Hall–Kier alpha value is -3.30. The summed E-state index contributed by atoms with van der Waals surface area (Å²) in [5.41, 5.74) is 6.05. The van der Waals surface area contributed by atoms with Gasteiger partial charge in [0.2, 0.25) is 0 Å². The fourth-order valence-corrected chi connectivity index (χ4v) is 3.85. The second-order valence-electron chi connectivity index (χ2n) is 8.12. The molecule has 0 saturated carbocycles. The number of hydrogen-bond acceptors (Lipinski definition) is 3. The van der Waals surface area contributed by atoms with Gasteiger partial charge in [-0.1, -0.05) is 60.7 Å². The van der Waals surface area contributed by atoms with Crippen LogP contribution in [0.1, 0.15) is 42.0 Å². The Bertz CT molecular complexity index is 1050. The molecule has 3 heteroatoms. The van der Waals surface area contributed by atoms with Crippen LogP contribution >= 0.6 is 0 Å². The predicted octanol–water partition coefficient (Wildman–Crippen LogP) is 5.75. The van der Waals surface area contributed by atoms with Crippen LogP contribution in [0.15, 0.2) is 97.6 Å². The van der Waals surface area contributed by atoms with E-state index >= 15 is 0 Å². The van der Waals surface area contributed by atoms with Crippen molar-refractivity contribution in [1.29, 1.82) is 0 Å². The molecule has 0 radical (unpaired) electrons. The van der Waals surface area contributed by atoms with Crippen molar-refractivity contribution in [1.82, 2.24) is 9.97 Å². The lowest BCUT2D eigenvalue weighted by molar-refractivity contribution is 0.0786. The lowest BCUT2D eigenvalue weighted by Crippen LogP contribution is -2.14. The number of benzene rings is 2. The van der Waals surface area contributed by atoms with Gasteiger partial charge in [0.05, 0.1) is 5.60 Å². The number of hydrogen-bond donors (Lipinski definition) is 1. The highest BCUT2D eigenvalue weighted by Crippen LogP contribution is 2.33. The van der Waals surface area contributed by atoms with E-state index in [0.717, 1.165) is 17.5 Å². The summed E-state index contributed by atoms with van der Waals surface area (Å²) < 4.78 is 0. The number of aliphatic hydroxyl groups is 1. The van der Waals surface area contributed by atoms with Crippen LogP contribution in [0.5, 0.6) is 0 Å². The van der Waals surface area contributed by atoms with Gasteiger partial charge < -0.3 is 5.11 Å². The second kappa shape index (κ2) is 8.60. The van der Waals surface area contributed by atoms with E-state index < -0.39 is 5.60 Å². The van der Waals surface area contributed by atoms with Crippen molar-refractivity contribution in [2.24, 2.45) is 0 Å². The van der Waals surface area contributed by atoms with E-state index in [9.17, 15) is 5.11 Å². The summed E-state index contributed by atoms with van der Waals surface area (Å²) in [4.78, 5) is 8.68. The van der Waals surface area contributed by atoms with E-state index in [4.69, 9.17) is 0 Å². The van der Waals surface area contributed by atoms with Gasteiger partial charge in [0.15, 0.2) is 0 Å². The molecule has 0 atom stereocenters. The first-order chi connectivity index (χ1) is 14.5. The monoisotopic (exact) mass is 394 g/mol. The Morgan fingerprint density at radius 1 is 0.767 bits per heavy atom. The van der Waals surface area contributed by atoms with Crippen LogP contribution in [0.2, 0.25) is 0 Å². The molecular formula is C27H26N2O. The Kier molecular flexibility index (Phi) is 5.73. The molecule has 2 aromatic heterocycles. The first-order valence-corrected chi connectivity index (χ1v) is 10.2. The molecule has 0 saturated heterocycles. The molecule has 0 unspecified atom stereocenters. The highest BCUT2D eigenvalue weighted by molar-refractivity contribution is 5.68. The SMILES string of the molecule is CC(C)(O)c1ccc(-c2ccccc2CC(c2cccnc2)c2cccnc2)cc1. The minimum absolute atomic E-state index is 0.171. The highest BCUT2D eigenvalue weighted by atomic mass is 16.3. The third-order valence-corrected chi connectivity index (χ3v) is 5.52. The first-order valence-electron chi connectivity index (χ1n) is 10.2. The van der Waals surface area contributed by atoms with Crippen molar-refractivity contribution in [2.75, 3.05) is 0 Å². The summed E-state index contributed by atoms with van der Waals surface area (Å²) in [5, 5.41) is 10.3. The molecule has 150 valence electrons. The van der Waals surface area contributed by atoms with E-state index in [0.29, 0.717) is 0 Å². The quantitative estimate of drug-likeness (QED) is 0.453. The fraction of sp³-hybridized carbons (Fsp3) is 0.185. The summed E-state index contributed by atoms with van der Waals surface area (Å²) in [5.74, 6) is 0.171. The predicted molar refractivity (Wildman–Crippen MR) is 121 cm³/mol. The Morgan fingerprint density at radius 3 is 1.90 bits per heavy atom. The number of nitrogens with zero attached hydrogens (tertiary/aromatic N) is 2. The Morgan fingerprint density at radius 2 is 1.37 bits per heavy atom.